The summed E-state index contributed by atoms with van der Waals surface area (Å²) in [6.07, 6.45) is 1.28. The zero-order chi connectivity index (χ0) is 16.7. The highest BCUT2D eigenvalue weighted by atomic mass is 35.5. The molecule has 0 N–H and O–H groups in total. The van der Waals surface area contributed by atoms with Gasteiger partial charge < -0.3 is 0 Å². The van der Waals surface area contributed by atoms with E-state index in [1.165, 1.54) is 18.0 Å². The summed E-state index contributed by atoms with van der Waals surface area (Å²) in [6, 6.07) is 21.1. The molecule has 0 fully saturated rings. The first kappa shape index (κ1) is 16.8. The van der Waals surface area contributed by atoms with Crippen molar-refractivity contribution in [2.45, 2.75) is 38.7 Å². The molecule has 120 valence electrons. The molecule has 0 atom stereocenters. The maximum absolute atomic E-state index is 6.12. The second-order valence-corrected chi connectivity index (χ2v) is 17.4. The van der Waals surface area contributed by atoms with E-state index in [4.69, 9.17) is 11.6 Å². The lowest BCUT2D eigenvalue weighted by Crippen LogP contribution is -2.44. The Hall–Kier alpha value is -1.10. The van der Waals surface area contributed by atoms with E-state index in [0.717, 1.165) is 5.02 Å². The van der Waals surface area contributed by atoms with Crippen molar-refractivity contribution in [2.24, 2.45) is 0 Å². The lowest BCUT2D eigenvalue weighted by Gasteiger charge is -2.29. The number of halogens is 1. The van der Waals surface area contributed by atoms with E-state index >= 15 is 0 Å². The molecule has 0 amide bonds. The maximum atomic E-state index is 6.12. The average molecular weight is 357 g/mol. The second-order valence-electron chi connectivity index (χ2n) is 7.74. The molecule has 1 aliphatic heterocycles. The van der Waals surface area contributed by atoms with Gasteiger partial charge in [0.25, 0.3) is 0 Å². The summed E-state index contributed by atoms with van der Waals surface area (Å²) in [7, 11) is -2.98. The maximum Gasteiger partial charge on any atom is 0.107 e. The minimum Gasteiger partial charge on any atom is -0.0843 e. The van der Waals surface area contributed by atoms with Crippen LogP contribution in [-0.2, 0) is 0 Å². The highest BCUT2D eigenvalue weighted by Crippen LogP contribution is 2.44. The summed E-state index contributed by atoms with van der Waals surface area (Å²) in [6.45, 7) is 10.1. The third-order valence-electron chi connectivity index (χ3n) is 5.36. The third-order valence-corrected chi connectivity index (χ3v) is 13.1. The van der Waals surface area contributed by atoms with Gasteiger partial charge in [-0.3, -0.25) is 0 Å². The van der Waals surface area contributed by atoms with Crippen molar-refractivity contribution < 1.29 is 0 Å². The van der Waals surface area contributed by atoms with Crippen molar-refractivity contribution in [3.05, 3.63) is 70.4 Å². The van der Waals surface area contributed by atoms with E-state index in [-0.39, 0.29) is 0 Å². The molecular weight excluding hydrogens is 332 g/mol. The summed E-state index contributed by atoms with van der Waals surface area (Å²) in [5, 5.41) is 5.85. The van der Waals surface area contributed by atoms with Crippen molar-refractivity contribution in [1.29, 1.82) is 0 Å². The SMILES string of the molecule is C[Si]1(C)CCC([Si](C)(C)c2ccccc2)=C1c1ccc(Cl)cc1. The number of rotatable bonds is 3. The normalized spacial score (nSPS) is 17.6. The summed E-state index contributed by atoms with van der Waals surface area (Å²) >= 11 is 6.12. The molecular formula is C20H25ClSi2. The first-order valence-electron chi connectivity index (χ1n) is 8.38. The van der Waals surface area contributed by atoms with Gasteiger partial charge in [0, 0.05) is 5.02 Å². The second kappa shape index (κ2) is 6.08. The fraction of sp³-hybridized carbons (Fsp3) is 0.300. The number of allylic oxidation sites excluding steroid dienone is 1. The Kier molecular flexibility index (Phi) is 4.43. The first-order chi connectivity index (χ1) is 10.8. The summed E-state index contributed by atoms with van der Waals surface area (Å²) in [5.41, 5.74) is 1.41. The zero-order valence-corrected chi connectivity index (χ0v) is 17.2. The molecule has 0 aliphatic carbocycles. The molecule has 3 rings (SSSR count). The topological polar surface area (TPSA) is 0 Å². The molecule has 1 heterocycles. The van der Waals surface area contributed by atoms with Gasteiger partial charge >= 0.3 is 0 Å². The standard InChI is InChI=1S/C20H25ClSi2/c1-22(2)15-14-19(20(22)16-10-12-17(21)13-11-16)23(3,4)18-8-6-5-7-9-18/h5-13H,14-15H2,1-4H3. The molecule has 0 saturated carbocycles. The molecule has 0 unspecified atom stereocenters. The van der Waals surface area contributed by atoms with E-state index in [0.29, 0.717) is 0 Å². The van der Waals surface area contributed by atoms with E-state index in [1.54, 1.807) is 15.6 Å². The molecule has 1 aliphatic rings. The molecule has 2 aromatic rings. The van der Waals surface area contributed by atoms with Crippen molar-refractivity contribution >= 4 is 38.1 Å². The smallest absolute Gasteiger partial charge is 0.0843 e. The Morgan fingerprint density at radius 1 is 0.913 bits per heavy atom. The van der Waals surface area contributed by atoms with Crippen LogP contribution >= 0.6 is 11.6 Å². The van der Waals surface area contributed by atoms with Crippen LogP contribution in [0, 0.1) is 0 Å². The van der Waals surface area contributed by atoms with Gasteiger partial charge in [0.2, 0.25) is 0 Å². The number of hydrogen-bond acceptors (Lipinski definition) is 0. The van der Waals surface area contributed by atoms with Crippen LogP contribution in [0.3, 0.4) is 0 Å². The van der Waals surface area contributed by atoms with Gasteiger partial charge in [0.1, 0.15) is 8.07 Å². The van der Waals surface area contributed by atoms with Crippen LogP contribution in [0.5, 0.6) is 0 Å². The van der Waals surface area contributed by atoms with Gasteiger partial charge in [-0.15, -0.1) is 0 Å². The van der Waals surface area contributed by atoms with Gasteiger partial charge in [-0.1, -0.05) is 102 Å². The molecule has 0 radical (unpaired) electrons. The fourth-order valence-corrected chi connectivity index (χ4v) is 12.2. The molecule has 0 saturated heterocycles. The van der Waals surface area contributed by atoms with Crippen LogP contribution in [0.25, 0.3) is 5.20 Å². The van der Waals surface area contributed by atoms with Crippen molar-refractivity contribution in [1.82, 2.24) is 0 Å². The van der Waals surface area contributed by atoms with Crippen LogP contribution in [0.15, 0.2) is 59.8 Å². The molecule has 0 nitrogen and oxygen atoms in total. The average Bonchev–Trinajstić information content (AvgIpc) is 2.85. The molecule has 2 aromatic carbocycles. The lowest BCUT2D eigenvalue weighted by molar-refractivity contribution is 1.17. The van der Waals surface area contributed by atoms with E-state index in [2.05, 4.69) is 68.7 Å². The summed E-state index contributed by atoms with van der Waals surface area (Å²) in [5.74, 6) is 0. The Balaban J connectivity index is 2.17. The molecule has 0 aromatic heterocycles. The van der Waals surface area contributed by atoms with Crippen LogP contribution in [0.4, 0.5) is 0 Å². The number of hydrogen-bond donors (Lipinski definition) is 0. The van der Waals surface area contributed by atoms with Gasteiger partial charge in [0.15, 0.2) is 0 Å². The van der Waals surface area contributed by atoms with E-state index in [1.807, 2.05) is 12.1 Å². The molecule has 0 bridgehead atoms. The quantitative estimate of drug-likeness (QED) is 0.600. The van der Waals surface area contributed by atoms with Gasteiger partial charge in [-0.25, -0.2) is 0 Å². The van der Waals surface area contributed by atoms with Crippen LogP contribution < -0.4 is 5.19 Å². The van der Waals surface area contributed by atoms with Gasteiger partial charge in [-0.05, 0) is 24.1 Å². The third kappa shape index (κ3) is 3.12. The summed E-state index contributed by atoms with van der Waals surface area (Å²) in [4.78, 5) is 0. The largest absolute Gasteiger partial charge is 0.107 e. The molecule has 23 heavy (non-hydrogen) atoms. The van der Waals surface area contributed by atoms with Crippen LogP contribution in [-0.4, -0.2) is 16.1 Å². The van der Waals surface area contributed by atoms with E-state index in [9.17, 15) is 0 Å². The van der Waals surface area contributed by atoms with Crippen molar-refractivity contribution in [3.8, 4) is 0 Å². The Bertz CT molecular complexity index is 728. The minimum absolute atomic E-state index is 0.827. The van der Waals surface area contributed by atoms with Crippen LogP contribution in [0.2, 0.25) is 37.3 Å². The van der Waals surface area contributed by atoms with Gasteiger partial charge in [0.05, 0.1) is 8.07 Å². The Morgan fingerprint density at radius 3 is 2.13 bits per heavy atom. The lowest BCUT2D eigenvalue weighted by atomic mass is 10.2. The zero-order valence-electron chi connectivity index (χ0n) is 14.5. The number of benzene rings is 2. The minimum atomic E-state index is -1.61. The van der Waals surface area contributed by atoms with Crippen molar-refractivity contribution in [2.75, 3.05) is 0 Å². The predicted molar refractivity (Wildman–Crippen MR) is 109 cm³/mol. The Morgan fingerprint density at radius 2 is 1.52 bits per heavy atom. The molecule has 0 spiro atoms. The Labute approximate surface area is 147 Å². The molecule has 3 heteroatoms. The highest BCUT2D eigenvalue weighted by molar-refractivity contribution is 7.04. The first-order valence-corrected chi connectivity index (χ1v) is 15.0. The fourth-order valence-electron chi connectivity index (χ4n) is 3.93. The van der Waals surface area contributed by atoms with Gasteiger partial charge in [-0.2, -0.15) is 0 Å². The predicted octanol–water partition coefficient (Wildman–Crippen LogP) is 5.90. The monoisotopic (exact) mass is 356 g/mol. The van der Waals surface area contributed by atoms with E-state index < -0.39 is 16.1 Å². The van der Waals surface area contributed by atoms with Crippen molar-refractivity contribution in [3.63, 3.8) is 0 Å². The highest BCUT2D eigenvalue weighted by Gasteiger charge is 2.41. The summed E-state index contributed by atoms with van der Waals surface area (Å²) < 4.78 is 0. The van der Waals surface area contributed by atoms with Crippen LogP contribution in [0.1, 0.15) is 12.0 Å².